The first kappa shape index (κ1) is 20.2. The van der Waals surface area contributed by atoms with Crippen molar-refractivity contribution >= 4 is 26.7 Å². The number of benzene rings is 3. The van der Waals surface area contributed by atoms with Gasteiger partial charge in [0.2, 0.25) is 9.84 Å². The fourth-order valence-corrected chi connectivity index (χ4v) is 6.97. The van der Waals surface area contributed by atoms with Crippen molar-refractivity contribution in [1.82, 2.24) is 9.88 Å². The van der Waals surface area contributed by atoms with Gasteiger partial charge in [-0.25, -0.2) is 13.2 Å². The third kappa shape index (κ3) is 2.96. The summed E-state index contributed by atoms with van der Waals surface area (Å²) in [7, 11) is -4.01. The highest BCUT2D eigenvalue weighted by atomic mass is 32.2. The topological polar surface area (TPSA) is 88.4 Å². The second kappa shape index (κ2) is 7.30. The van der Waals surface area contributed by atoms with Gasteiger partial charge in [-0.2, -0.15) is 0 Å². The number of rotatable bonds is 4. The van der Waals surface area contributed by atoms with Crippen molar-refractivity contribution in [1.29, 1.82) is 0 Å². The van der Waals surface area contributed by atoms with Gasteiger partial charge in [-0.05, 0) is 54.8 Å². The average Bonchev–Trinajstić information content (AvgIpc) is 3.37. The quantitative estimate of drug-likeness (QED) is 0.470. The maximum atomic E-state index is 13.5. The number of carbonyl (C=O) groups is 1. The number of hydrogen-bond donors (Lipinski definition) is 2. The predicted octanol–water partition coefficient (Wildman–Crippen LogP) is 4.51. The zero-order valence-electron chi connectivity index (χ0n) is 17.7. The van der Waals surface area contributed by atoms with Gasteiger partial charge in [0.25, 0.3) is 0 Å². The highest BCUT2D eigenvalue weighted by Gasteiger charge is 2.39. The van der Waals surface area contributed by atoms with E-state index in [4.69, 9.17) is 0 Å². The van der Waals surface area contributed by atoms with Crippen molar-refractivity contribution in [2.45, 2.75) is 41.1 Å². The molecule has 0 aliphatic carbocycles. The number of carboxylic acid groups (broad SMARTS) is 1. The molecule has 7 heteroatoms. The lowest BCUT2D eigenvalue weighted by Gasteiger charge is -2.24. The normalized spacial score (nSPS) is 19.5. The number of aromatic carboxylic acids is 1. The number of fused-ring (bicyclic) bond motifs is 6. The second-order valence-electron chi connectivity index (χ2n) is 8.68. The van der Waals surface area contributed by atoms with Crippen LogP contribution in [-0.4, -0.2) is 30.1 Å². The monoisotopic (exact) mass is 458 g/mol. The molecule has 0 radical (unpaired) electrons. The van der Waals surface area contributed by atoms with Crippen LogP contribution in [0.3, 0.4) is 0 Å². The molecule has 0 spiro atoms. The third-order valence-electron chi connectivity index (χ3n) is 6.84. The minimum Gasteiger partial charge on any atom is -0.478 e. The van der Waals surface area contributed by atoms with Gasteiger partial charge >= 0.3 is 5.97 Å². The fourth-order valence-electron chi connectivity index (χ4n) is 5.49. The van der Waals surface area contributed by atoms with Crippen LogP contribution in [0.25, 0.3) is 16.6 Å². The van der Waals surface area contributed by atoms with Gasteiger partial charge in [0.05, 0.1) is 20.9 Å². The van der Waals surface area contributed by atoms with Crippen LogP contribution >= 0.6 is 0 Å². The lowest BCUT2D eigenvalue weighted by molar-refractivity contribution is 0.0695. The molecule has 2 aliphatic heterocycles. The van der Waals surface area contributed by atoms with Crippen molar-refractivity contribution in [3.63, 3.8) is 0 Å². The lowest BCUT2D eigenvalue weighted by Crippen LogP contribution is -2.32. The molecule has 166 valence electrons. The molecule has 4 aromatic rings. The van der Waals surface area contributed by atoms with E-state index < -0.39 is 15.8 Å². The van der Waals surface area contributed by atoms with E-state index >= 15 is 0 Å². The summed E-state index contributed by atoms with van der Waals surface area (Å²) in [6, 6.07) is 21.4. The number of nitrogens with one attached hydrogen (secondary N) is 1. The Morgan fingerprint density at radius 2 is 1.64 bits per heavy atom. The maximum Gasteiger partial charge on any atom is 0.337 e. The second-order valence-corrected chi connectivity index (χ2v) is 10.6. The molecular formula is C26H22N2O4S. The van der Waals surface area contributed by atoms with E-state index in [0.717, 1.165) is 41.7 Å². The minimum atomic E-state index is -4.01. The van der Waals surface area contributed by atoms with Crippen LogP contribution < -0.4 is 5.32 Å². The first-order valence-electron chi connectivity index (χ1n) is 11.0. The Hall–Kier alpha value is -3.42. The first-order valence-corrected chi connectivity index (χ1v) is 12.5. The van der Waals surface area contributed by atoms with E-state index in [2.05, 4.69) is 9.88 Å². The van der Waals surface area contributed by atoms with Crippen molar-refractivity contribution in [3.8, 4) is 5.69 Å². The number of aromatic nitrogens is 1. The van der Waals surface area contributed by atoms with Crippen LogP contribution in [0.2, 0.25) is 0 Å². The number of para-hydroxylation sites is 1. The smallest absolute Gasteiger partial charge is 0.337 e. The van der Waals surface area contributed by atoms with E-state index in [-0.39, 0.29) is 21.4 Å². The van der Waals surface area contributed by atoms with Crippen LogP contribution in [0.1, 0.15) is 40.5 Å². The molecule has 2 bridgehead atoms. The minimum absolute atomic E-state index is 0.0130. The van der Waals surface area contributed by atoms with Crippen molar-refractivity contribution in [3.05, 3.63) is 89.6 Å². The Balaban J connectivity index is 1.73. The molecule has 3 aromatic carbocycles. The largest absolute Gasteiger partial charge is 0.478 e. The molecule has 6 rings (SSSR count). The average molecular weight is 459 g/mol. The molecule has 3 heterocycles. The molecule has 1 saturated heterocycles. The Labute approximate surface area is 191 Å². The van der Waals surface area contributed by atoms with Crippen LogP contribution in [-0.2, 0) is 16.3 Å². The summed E-state index contributed by atoms with van der Waals surface area (Å²) in [5.41, 5.74) is 3.52. The molecule has 6 nitrogen and oxygen atoms in total. The van der Waals surface area contributed by atoms with Gasteiger partial charge in [0, 0.05) is 35.3 Å². The molecular weight excluding hydrogens is 436 g/mol. The Bertz CT molecular complexity index is 1510. The SMILES string of the molecule is O=C(O)c1c(S(=O)(=O)c2ccccc2)ccc2c1c1c(n2-c2ccccc2)CC2CCC1N2. The summed E-state index contributed by atoms with van der Waals surface area (Å²) in [5, 5.41) is 14.5. The summed E-state index contributed by atoms with van der Waals surface area (Å²) in [5.74, 6) is -1.23. The summed E-state index contributed by atoms with van der Waals surface area (Å²) in [6.07, 6.45) is 2.69. The van der Waals surface area contributed by atoms with Gasteiger partial charge < -0.3 is 15.0 Å². The molecule has 0 amide bonds. The van der Waals surface area contributed by atoms with E-state index in [0.29, 0.717) is 11.4 Å². The van der Waals surface area contributed by atoms with Crippen LogP contribution in [0.15, 0.2) is 82.6 Å². The van der Waals surface area contributed by atoms with E-state index in [1.54, 1.807) is 24.3 Å². The van der Waals surface area contributed by atoms with Crippen LogP contribution in [0.4, 0.5) is 0 Å². The number of sulfone groups is 1. The Kier molecular flexibility index (Phi) is 4.47. The standard InChI is InChI=1S/C26H22N2O4S/c29-26(30)25-22(33(31,32)18-9-5-2-6-10-18)14-13-20-24(25)23-19-12-11-16(27-19)15-21(23)28(20)17-7-3-1-4-8-17/h1-10,13-14,16,19,27H,11-12,15H2,(H,29,30). The van der Waals surface area contributed by atoms with Crippen molar-refractivity contribution < 1.29 is 18.3 Å². The van der Waals surface area contributed by atoms with E-state index in [9.17, 15) is 18.3 Å². The molecule has 2 unspecified atom stereocenters. The van der Waals surface area contributed by atoms with Crippen molar-refractivity contribution in [2.24, 2.45) is 0 Å². The zero-order chi connectivity index (χ0) is 22.7. The molecule has 1 aromatic heterocycles. The van der Waals surface area contributed by atoms with Crippen molar-refractivity contribution in [2.75, 3.05) is 0 Å². The molecule has 1 fully saturated rings. The summed E-state index contributed by atoms with van der Waals surface area (Å²) < 4.78 is 29.2. The number of carboxylic acids is 1. The molecule has 2 N–H and O–H groups in total. The van der Waals surface area contributed by atoms with Gasteiger partial charge in [-0.15, -0.1) is 0 Å². The Morgan fingerprint density at radius 3 is 2.33 bits per heavy atom. The summed E-state index contributed by atoms with van der Waals surface area (Å²) in [6.45, 7) is 0. The zero-order valence-corrected chi connectivity index (χ0v) is 18.5. The van der Waals surface area contributed by atoms with Crippen LogP contribution in [0.5, 0.6) is 0 Å². The Morgan fingerprint density at radius 1 is 0.939 bits per heavy atom. The fraction of sp³-hybridized carbons (Fsp3) is 0.192. The molecule has 0 saturated carbocycles. The molecule has 2 atom stereocenters. The first-order chi connectivity index (χ1) is 16.0. The predicted molar refractivity (Wildman–Crippen MR) is 125 cm³/mol. The lowest BCUT2D eigenvalue weighted by atomic mass is 9.96. The van der Waals surface area contributed by atoms with E-state index in [1.807, 2.05) is 30.3 Å². The van der Waals surface area contributed by atoms with E-state index in [1.165, 1.54) is 18.2 Å². The molecule has 33 heavy (non-hydrogen) atoms. The van der Waals surface area contributed by atoms with Gasteiger partial charge in [0.1, 0.15) is 0 Å². The highest BCUT2D eigenvalue weighted by Crippen LogP contribution is 2.45. The number of nitrogens with zero attached hydrogens (tertiary/aromatic N) is 1. The van der Waals surface area contributed by atoms with Gasteiger partial charge in [0.15, 0.2) is 0 Å². The highest BCUT2D eigenvalue weighted by molar-refractivity contribution is 7.91. The van der Waals surface area contributed by atoms with Crippen LogP contribution in [0, 0.1) is 0 Å². The number of hydrogen-bond acceptors (Lipinski definition) is 4. The van der Waals surface area contributed by atoms with Gasteiger partial charge in [-0.1, -0.05) is 36.4 Å². The van der Waals surface area contributed by atoms with Gasteiger partial charge in [-0.3, -0.25) is 0 Å². The third-order valence-corrected chi connectivity index (χ3v) is 8.65. The molecule has 2 aliphatic rings. The summed E-state index contributed by atoms with van der Waals surface area (Å²) in [4.78, 5) is 12.6. The maximum absolute atomic E-state index is 13.5. The summed E-state index contributed by atoms with van der Waals surface area (Å²) >= 11 is 0.